The lowest BCUT2D eigenvalue weighted by molar-refractivity contribution is 0.590. The van der Waals surface area contributed by atoms with Gasteiger partial charge in [0.1, 0.15) is 0 Å². The summed E-state index contributed by atoms with van der Waals surface area (Å²) in [5.74, 6) is 0. The van der Waals surface area contributed by atoms with Crippen LogP contribution in [0.1, 0.15) is 26.3 Å². The molecule has 16 aromatic carbocycles. The monoisotopic (exact) mass is 1210 g/mol. The van der Waals surface area contributed by atoms with Crippen molar-refractivity contribution in [3.8, 4) is 55.9 Å². The summed E-state index contributed by atoms with van der Waals surface area (Å²) in [7, 11) is 0. The van der Waals surface area contributed by atoms with Crippen molar-refractivity contribution in [1.82, 2.24) is 9.13 Å². The molecule has 2 aromatic heterocycles. The number of fused-ring (bicyclic) bond motifs is 8. The first-order valence-corrected chi connectivity index (χ1v) is 33.3. The smallest absolute Gasteiger partial charge is 0.252 e. The van der Waals surface area contributed by atoms with Crippen LogP contribution in [0, 0.1) is 0 Å². The predicted octanol–water partition coefficient (Wildman–Crippen LogP) is 22.3. The molecule has 0 spiro atoms. The van der Waals surface area contributed by atoms with Crippen LogP contribution >= 0.6 is 0 Å². The number of aromatic nitrogens is 2. The molecular weight excluding hydrogens is 1150 g/mol. The van der Waals surface area contributed by atoms with Crippen LogP contribution in [0.3, 0.4) is 0 Å². The van der Waals surface area contributed by atoms with Crippen molar-refractivity contribution in [3.05, 3.63) is 321 Å². The van der Waals surface area contributed by atoms with Crippen molar-refractivity contribution in [2.45, 2.75) is 26.2 Å². The van der Waals surface area contributed by atoms with Gasteiger partial charge in [-0.15, -0.1) is 0 Å². The third-order valence-corrected chi connectivity index (χ3v) is 20.9. The Morgan fingerprint density at radius 1 is 0.274 bits per heavy atom. The van der Waals surface area contributed by atoms with E-state index in [-0.39, 0.29) is 12.1 Å². The molecule has 4 nitrogen and oxygen atoms in total. The number of anilines is 6. The highest BCUT2D eigenvalue weighted by atomic mass is 15.2. The first-order valence-electron chi connectivity index (χ1n) is 33.3. The molecule has 95 heavy (non-hydrogen) atoms. The van der Waals surface area contributed by atoms with E-state index in [0.717, 1.165) is 90.0 Å². The van der Waals surface area contributed by atoms with Crippen LogP contribution < -0.4 is 26.2 Å². The molecular formula is C90H61BN4. The van der Waals surface area contributed by atoms with Gasteiger partial charge in [0.25, 0.3) is 6.71 Å². The molecule has 2 aliphatic heterocycles. The van der Waals surface area contributed by atoms with Gasteiger partial charge in [-0.25, -0.2) is 0 Å². The fraction of sp³-hybridized carbons (Fsp3) is 0.0444. The Morgan fingerprint density at radius 2 is 0.632 bits per heavy atom. The van der Waals surface area contributed by atoms with E-state index in [4.69, 9.17) is 0 Å². The van der Waals surface area contributed by atoms with Gasteiger partial charge in [-0.3, -0.25) is 0 Å². The molecule has 0 saturated heterocycles. The van der Waals surface area contributed by atoms with E-state index in [1.807, 2.05) is 0 Å². The first-order chi connectivity index (χ1) is 46.8. The van der Waals surface area contributed by atoms with Gasteiger partial charge in [0.05, 0.1) is 33.4 Å². The Balaban J connectivity index is 0.954. The zero-order valence-corrected chi connectivity index (χ0v) is 52.9. The number of rotatable bonds is 8. The summed E-state index contributed by atoms with van der Waals surface area (Å²) in [4.78, 5) is 5.40. The van der Waals surface area contributed by atoms with Crippen LogP contribution in [0.4, 0.5) is 34.1 Å². The SMILES string of the molecule is CC(C)(C)c1cc2c3c(c1)N(c1c(-c4ccccc4)cccc1-c1ccccc1)c1cc(-n4c5ccc6cccc7c8cccc9ccc4c(c98)c5c67)ccc1B3c1ccc(-n3c4ccccc4c4ccccc43)cc1N2c1c(-c2ccccc2)cccc1-c1ccccc1. The van der Waals surface area contributed by atoms with Gasteiger partial charge < -0.3 is 18.9 Å². The Hall–Kier alpha value is -11.9. The molecule has 2 aliphatic rings. The third-order valence-electron chi connectivity index (χ3n) is 20.9. The summed E-state index contributed by atoms with van der Waals surface area (Å²) in [5, 5.41) is 12.9. The molecule has 0 atom stereocenters. The maximum atomic E-state index is 2.71. The Kier molecular flexibility index (Phi) is 11.5. The number of para-hydroxylation sites is 4. The van der Waals surface area contributed by atoms with Crippen molar-refractivity contribution in [2.24, 2.45) is 0 Å². The minimum Gasteiger partial charge on any atom is -0.310 e. The molecule has 0 unspecified atom stereocenters. The van der Waals surface area contributed by atoms with E-state index >= 15 is 0 Å². The average molecular weight is 1210 g/mol. The van der Waals surface area contributed by atoms with Crippen molar-refractivity contribution in [1.29, 1.82) is 0 Å². The molecule has 0 aliphatic carbocycles. The summed E-state index contributed by atoms with van der Waals surface area (Å²) in [5.41, 5.74) is 27.8. The normalized spacial score (nSPS) is 12.9. The predicted molar refractivity (Wildman–Crippen MR) is 404 cm³/mol. The molecule has 0 radical (unpaired) electrons. The van der Waals surface area contributed by atoms with Crippen molar-refractivity contribution in [3.63, 3.8) is 0 Å². The van der Waals surface area contributed by atoms with Gasteiger partial charge >= 0.3 is 0 Å². The van der Waals surface area contributed by atoms with E-state index < -0.39 is 0 Å². The number of nitrogens with zero attached hydrogens (tertiary/aromatic N) is 4. The van der Waals surface area contributed by atoms with Gasteiger partial charge in [-0.2, -0.15) is 0 Å². The van der Waals surface area contributed by atoms with Crippen molar-refractivity contribution < 1.29 is 0 Å². The Morgan fingerprint density at radius 3 is 1.03 bits per heavy atom. The largest absolute Gasteiger partial charge is 0.310 e. The minimum absolute atomic E-state index is 0.209. The van der Waals surface area contributed by atoms with E-state index in [2.05, 4.69) is 355 Å². The van der Waals surface area contributed by atoms with Crippen LogP contribution in [-0.4, -0.2) is 15.8 Å². The zero-order valence-electron chi connectivity index (χ0n) is 52.9. The maximum absolute atomic E-state index is 2.71. The fourth-order valence-corrected chi connectivity index (χ4v) is 16.8. The topological polar surface area (TPSA) is 16.3 Å². The molecule has 18 aromatic rings. The minimum atomic E-state index is -0.299. The molecule has 0 N–H and O–H groups in total. The van der Waals surface area contributed by atoms with Gasteiger partial charge in [0, 0.05) is 77.9 Å². The highest BCUT2D eigenvalue weighted by molar-refractivity contribution is 7.00. The lowest BCUT2D eigenvalue weighted by Gasteiger charge is -2.46. The van der Waals surface area contributed by atoms with E-state index in [9.17, 15) is 0 Å². The second kappa shape index (κ2) is 20.3. The maximum Gasteiger partial charge on any atom is 0.252 e. The number of hydrogen-bond acceptors (Lipinski definition) is 2. The quantitative estimate of drug-likeness (QED) is 0.0856. The van der Waals surface area contributed by atoms with E-state index in [1.54, 1.807) is 0 Å². The van der Waals surface area contributed by atoms with Gasteiger partial charge in [-0.1, -0.05) is 276 Å². The number of benzene rings is 16. The lowest BCUT2D eigenvalue weighted by Crippen LogP contribution is -2.61. The molecule has 4 heterocycles. The Labute approximate surface area is 551 Å². The highest BCUT2D eigenvalue weighted by Crippen LogP contribution is 2.55. The average Bonchev–Trinajstić information content (AvgIpc) is 1.68. The number of hydrogen-bond donors (Lipinski definition) is 0. The first kappa shape index (κ1) is 53.7. The second-order valence-electron chi connectivity index (χ2n) is 27.1. The molecule has 5 heteroatoms. The van der Waals surface area contributed by atoms with E-state index in [0.29, 0.717) is 0 Å². The molecule has 0 saturated carbocycles. The summed E-state index contributed by atoms with van der Waals surface area (Å²) in [6, 6.07) is 119. The second-order valence-corrected chi connectivity index (χ2v) is 27.1. The van der Waals surface area contributed by atoms with Crippen molar-refractivity contribution >= 4 is 133 Å². The molecule has 444 valence electrons. The van der Waals surface area contributed by atoms with Gasteiger partial charge in [0.15, 0.2) is 0 Å². The standard InChI is InChI=1S/C90H61BN4/c1-90(2,3)62-52-81-87-82(53-62)95(89-67(58-28-12-6-13-29-58)38-23-39-68(89)59-30-14-7-15-31-59)80-55-64(93-77-50-44-60-32-20-40-71-72-41-21-33-61-45-51-78(93)86(84(61)72)85(77)83(60)71)47-49-74(80)91(87)73-48-46-63(92-75-42-18-16-34-69(75)70-35-17-19-43-76(70)92)54-79(73)94(81)88-65(56-24-8-4-9-25-56)36-22-37-66(88)57-26-10-5-11-27-57/h4-55H,1-3H3. The van der Waals surface area contributed by atoms with Crippen LogP contribution in [0.5, 0.6) is 0 Å². The molecule has 20 rings (SSSR count). The lowest BCUT2D eigenvalue weighted by atomic mass is 9.33. The summed E-state index contributed by atoms with van der Waals surface area (Å²) < 4.78 is 5.07. The zero-order chi connectivity index (χ0) is 62.8. The van der Waals surface area contributed by atoms with Crippen LogP contribution in [0.25, 0.3) is 132 Å². The van der Waals surface area contributed by atoms with Crippen LogP contribution in [0.15, 0.2) is 315 Å². The summed E-state index contributed by atoms with van der Waals surface area (Å²) >= 11 is 0. The molecule has 0 amide bonds. The molecule has 0 fully saturated rings. The summed E-state index contributed by atoms with van der Waals surface area (Å²) in [6.45, 7) is 6.96. The highest BCUT2D eigenvalue weighted by Gasteiger charge is 2.46. The molecule has 0 bridgehead atoms. The Bertz CT molecular complexity index is 5870. The van der Waals surface area contributed by atoms with Crippen LogP contribution in [0.2, 0.25) is 0 Å². The van der Waals surface area contributed by atoms with Crippen LogP contribution in [-0.2, 0) is 5.41 Å². The third kappa shape index (κ3) is 7.78. The van der Waals surface area contributed by atoms with E-state index in [1.165, 1.54) is 97.9 Å². The van der Waals surface area contributed by atoms with Crippen molar-refractivity contribution in [2.75, 3.05) is 9.80 Å². The van der Waals surface area contributed by atoms with Gasteiger partial charge in [0.2, 0.25) is 0 Å². The fourth-order valence-electron chi connectivity index (χ4n) is 16.8. The summed E-state index contributed by atoms with van der Waals surface area (Å²) in [6.07, 6.45) is 0. The van der Waals surface area contributed by atoms with Gasteiger partial charge in [-0.05, 0) is 143 Å².